The van der Waals surface area contributed by atoms with Crippen molar-refractivity contribution in [3.05, 3.63) is 77.5 Å². The summed E-state index contributed by atoms with van der Waals surface area (Å²) in [5.41, 5.74) is 4.29. The molecule has 0 N–H and O–H groups in total. The van der Waals surface area contributed by atoms with E-state index in [2.05, 4.69) is 32.0 Å². The monoisotopic (exact) mass is 388 g/mol. The molecule has 29 heavy (non-hydrogen) atoms. The molecule has 6 nitrogen and oxygen atoms in total. The van der Waals surface area contributed by atoms with Gasteiger partial charge in [0.05, 0.1) is 24.1 Å². The molecule has 6 heteroatoms. The van der Waals surface area contributed by atoms with Crippen molar-refractivity contribution < 1.29 is 9.47 Å². The van der Waals surface area contributed by atoms with Crippen LogP contribution in [0.1, 0.15) is 35.4 Å². The van der Waals surface area contributed by atoms with Crippen LogP contribution >= 0.6 is 0 Å². The molecule has 1 atom stereocenters. The highest BCUT2D eigenvalue weighted by Crippen LogP contribution is 2.32. The summed E-state index contributed by atoms with van der Waals surface area (Å²) in [5.74, 6) is 1.95. The van der Waals surface area contributed by atoms with E-state index >= 15 is 0 Å². The fraction of sp³-hybridized carbons (Fsp3) is 0.348. The van der Waals surface area contributed by atoms with E-state index in [4.69, 9.17) is 9.47 Å². The summed E-state index contributed by atoms with van der Waals surface area (Å²) >= 11 is 0. The van der Waals surface area contributed by atoms with Gasteiger partial charge in [-0.3, -0.25) is 4.98 Å². The summed E-state index contributed by atoms with van der Waals surface area (Å²) in [6.45, 7) is 2.84. The molecule has 0 spiro atoms. The van der Waals surface area contributed by atoms with E-state index in [1.54, 1.807) is 6.33 Å². The Kier molecular flexibility index (Phi) is 5.09. The normalized spacial score (nSPS) is 18.3. The summed E-state index contributed by atoms with van der Waals surface area (Å²) < 4.78 is 12.2. The Morgan fingerprint density at radius 2 is 2.00 bits per heavy atom. The van der Waals surface area contributed by atoms with Crippen LogP contribution in [0.4, 0.5) is 5.82 Å². The van der Waals surface area contributed by atoms with Gasteiger partial charge in [-0.15, -0.1) is 0 Å². The summed E-state index contributed by atoms with van der Waals surface area (Å²) in [5, 5.41) is 0. The molecule has 2 aromatic heterocycles. The maximum atomic E-state index is 6.17. The first-order valence-electron chi connectivity index (χ1n) is 10.2. The van der Waals surface area contributed by atoms with Crippen molar-refractivity contribution in [3.63, 3.8) is 0 Å². The van der Waals surface area contributed by atoms with Crippen molar-refractivity contribution in [2.24, 2.45) is 0 Å². The largest absolute Gasteiger partial charge is 0.487 e. The third kappa shape index (κ3) is 3.93. The lowest BCUT2D eigenvalue weighted by atomic mass is 10.0. The first-order valence-corrected chi connectivity index (χ1v) is 10.2. The Bertz CT molecular complexity index is 980. The van der Waals surface area contributed by atoms with E-state index in [-0.39, 0.29) is 6.10 Å². The second kappa shape index (κ2) is 8.17. The Balaban J connectivity index is 1.35. The van der Waals surface area contributed by atoms with Crippen LogP contribution < -0.4 is 9.64 Å². The molecule has 1 aromatic carbocycles. The maximum Gasteiger partial charge on any atom is 0.135 e. The zero-order chi connectivity index (χ0) is 19.5. The molecule has 1 saturated heterocycles. The highest BCUT2D eigenvalue weighted by atomic mass is 16.5. The molecule has 0 bridgehead atoms. The van der Waals surface area contributed by atoms with E-state index in [9.17, 15) is 0 Å². The molecule has 3 aromatic rings. The fourth-order valence-corrected chi connectivity index (χ4v) is 4.10. The number of piperidine rings is 1. The number of rotatable bonds is 4. The van der Waals surface area contributed by atoms with E-state index in [1.807, 2.05) is 36.5 Å². The van der Waals surface area contributed by atoms with Crippen LogP contribution in [0.15, 0.2) is 55.0 Å². The van der Waals surface area contributed by atoms with E-state index < -0.39 is 0 Å². The molecule has 0 unspecified atom stereocenters. The molecule has 0 saturated carbocycles. The van der Waals surface area contributed by atoms with Crippen LogP contribution in [0.5, 0.6) is 5.75 Å². The highest BCUT2D eigenvalue weighted by Gasteiger charge is 2.26. The van der Waals surface area contributed by atoms with Crippen molar-refractivity contribution >= 4 is 5.82 Å². The number of ether oxygens (including phenoxy) is 2. The molecule has 148 valence electrons. The van der Waals surface area contributed by atoms with Crippen LogP contribution in [0, 0.1) is 0 Å². The summed E-state index contributed by atoms with van der Waals surface area (Å²) in [4.78, 5) is 15.9. The summed E-state index contributed by atoms with van der Waals surface area (Å²) in [6, 6.07) is 14.1. The highest BCUT2D eigenvalue weighted by molar-refractivity contribution is 5.53. The lowest BCUT2D eigenvalue weighted by Gasteiger charge is -2.34. The number of nitrogens with zero attached hydrogens (tertiary/aromatic N) is 4. The van der Waals surface area contributed by atoms with Crippen molar-refractivity contribution in [3.8, 4) is 5.75 Å². The first kappa shape index (κ1) is 18.1. The quantitative estimate of drug-likeness (QED) is 0.681. The second-order valence-electron chi connectivity index (χ2n) is 7.54. The minimum absolute atomic E-state index is 0.172. The Hall–Kier alpha value is -2.99. The van der Waals surface area contributed by atoms with Crippen molar-refractivity contribution in [2.45, 2.75) is 38.6 Å². The van der Waals surface area contributed by atoms with Gasteiger partial charge in [0.15, 0.2) is 0 Å². The summed E-state index contributed by atoms with van der Waals surface area (Å²) in [6.07, 6.45) is 6.57. The van der Waals surface area contributed by atoms with Crippen molar-refractivity contribution in [2.75, 3.05) is 18.0 Å². The lowest BCUT2D eigenvalue weighted by Crippen LogP contribution is -2.40. The van der Waals surface area contributed by atoms with E-state index in [1.165, 1.54) is 11.1 Å². The number of anilines is 1. The number of hydrogen-bond donors (Lipinski definition) is 0. The van der Waals surface area contributed by atoms with Gasteiger partial charge in [-0.25, -0.2) is 9.97 Å². The molecule has 1 fully saturated rings. The van der Waals surface area contributed by atoms with Crippen LogP contribution in [-0.2, 0) is 24.4 Å². The number of para-hydroxylation sites is 1. The average molecular weight is 388 g/mol. The van der Waals surface area contributed by atoms with E-state index in [0.717, 1.165) is 55.3 Å². The number of hydrogen-bond acceptors (Lipinski definition) is 6. The molecule has 4 heterocycles. The van der Waals surface area contributed by atoms with Gasteiger partial charge < -0.3 is 14.4 Å². The van der Waals surface area contributed by atoms with Gasteiger partial charge >= 0.3 is 0 Å². The molecular weight excluding hydrogens is 364 g/mol. The van der Waals surface area contributed by atoms with Crippen LogP contribution in [-0.4, -0.2) is 34.1 Å². The smallest absolute Gasteiger partial charge is 0.135 e. The topological polar surface area (TPSA) is 60.4 Å². The Labute approximate surface area is 170 Å². The van der Waals surface area contributed by atoms with Gasteiger partial charge in [0.25, 0.3) is 0 Å². The molecule has 0 radical (unpaired) electrons. The van der Waals surface area contributed by atoms with Gasteiger partial charge in [-0.1, -0.05) is 24.3 Å². The second-order valence-corrected chi connectivity index (χ2v) is 7.54. The SMILES string of the molecule is c1ccc(CO[C@@H]2CCCN(c3ncnc4c3Cc3ccccc3OC4)C2)nc1. The van der Waals surface area contributed by atoms with Crippen molar-refractivity contribution in [1.29, 1.82) is 0 Å². The van der Waals surface area contributed by atoms with Crippen LogP contribution in [0.2, 0.25) is 0 Å². The van der Waals surface area contributed by atoms with Crippen molar-refractivity contribution in [1.82, 2.24) is 15.0 Å². The zero-order valence-electron chi connectivity index (χ0n) is 16.3. The number of fused-ring (bicyclic) bond motifs is 2. The van der Waals surface area contributed by atoms with Gasteiger partial charge in [-0.2, -0.15) is 0 Å². The average Bonchev–Trinajstić information content (AvgIpc) is 2.98. The Morgan fingerprint density at radius 3 is 2.93 bits per heavy atom. The van der Waals surface area contributed by atoms with Crippen LogP contribution in [0.3, 0.4) is 0 Å². The first-order chi connectivity index (χ1) is 14.4. The molecule has 0 amide bonds. The van der Waals surface area contributed by atoms with Gasteiger partial charge in [0, 0.05) is 31.3 Å². The molecule has 2 aliphatic heterocycles. The van der Waals surface area contributed by atoms with Gasteiger partial charge in [0.1, 0.15) is 24.5 Å². The lowest BCUT2D eigenvalue weighted by molar-refractivity contribution is 0.0297. The molecule has 0 aliphatic carbocycles. The van der Waals surface area contributed by atoms with E-state index in [0.29, 0.717) is 13.2 Å². The predicted octanol–water partition coefficient (Wildman–Crippen LogP) is 3.54. The number of aromatic nitrogens is 3. The number of pyridine rings is 1. The third-order valence-corrected chi connectivity index (χ3v) is 5.59. The molecule has 5 rings (SSSR count). The van der Waals surface area contributed by atoms with Gasteiger partial charge in [0.2, 0.25) is 0 Å². The maximum absolute atomic E-state index is 6.17. The molecular formula is C23H24N4O2. The minimum atomic E-state index is 0.172. The minimum Gasteiger partial charge on any atom is -0.487 e. The fourth-order valence-electron chi connectivity index (χ4n) is 4.10. The van der Waals surface area contributed by atoms with Gasteiger partial charge in [-0.05, 0) is 36.6 Å². The molecule has 2 aliphatic rings. The predicted molar refractivity (Wildman–Crippen MR) is 110 cm³/mol. The third-order valence-electron chi connectivity index (χ3n) is 5.59. The van der Waals surface area contributed by atoms with Crippen LogP contribution in [0.25, 0.3) is 0 Å². The zero-order valence-corrected chi connectivity index (χ0v) is 16.3. The Morgan fingerprint density at radius 1 is 1.07 bits per heavy atom. The number of benzene rings is 1. The summed E-state index contributed by atoms with van der Waals surface area (Å²) in [7, 11) is 0. The standard InChI is InChI=1S/C23H24N4O2/c1-2-9-22-17(6-1)12-20-21(15-29-22)25-16-26-23(20)27-11-5-8-19(13-27)28-14-18-7-3-4-10-24-18/h1-4,6-7,9-10,16,19H,5,8,11-15H2/t19-/m1/s1.